The molecule has 1 aromatic heterocycles. The zero-order valence-corrected chi connectivity index (χ0v) is 12.4. The molecule has 1 heterocycles. The molecule has 1 N–H and O–H groups in total. The molecule has 118 valence electrons. The average molecular weight is 314 g/mol. The highest BCUT2D eigenvalue weighted by Gasteiger charge is 2.13. The molecule has 6 heteroatoms. The summed E-state index contributed by atoms with van der Waals surface area (Å²) in [4.78, 5) is 4.14. The van der Waals surface area contributed by atoms with Crippen LogP contribution in [0.5, 0.6) is 5.75 Å². The van der Waals surface area contributed by atoms with E-state index in [1.165, 1.54) is 12.1 Å². The van der Waals surface area contributed by atoms with E-state index in [0.717, 1.165) is 5.56 Å². The fourth-order valence-electron chi connectivity index (χ4n) is 2.15. The molecule has 0 fully saturated rings. The van der Waals surface area contributed by atoms with E-state index in [0.29, 0.717) is 17.5 Å². The molecule has 0 aliphatic heterocycles. The lowest BCUT2D eigenvalue weighted by Gasteiger charge is -2.13. The third kappa shape index (κ3) is 3.54. The van der Waals surface area contributed by atoms with Crippen LogP contribution >= 0.6 is 0 Å². The molecule has 1 unspecified atom stereocenters. The Balaban J connectivity index is 1.70. The number of nitrogens with zero attached hydrogens (tertiary/aromatic N) is 2. The second kappa shape index (κ2) is 6.58. The van der Waals surface area contributed by atoms with Crippen molar-refractivity contribution in [2.24, 2.45) is 0 Å². The summed E-state index contributed by atoms with van der Waals surface area (Å²) in [5, 5.41) is 13.9. The number of halogens is 1. The first-order chi connectivity index (χ1) is 11.1. The molecule has 0 saturated carbocycles. The van der Waals surface area contributed by atoms with Crippen molar-refractivity contribution >= 4 is 0 Å². The number of aliphatic hydroxyl groups excluding tert-OH is 1. The van der Waals surface area contributed by atoms with Crippen LogP contribution in [0.15, 0.2) is 53.1 Å². The van der Waals surface area contributed by atoms with E-state index < -0.39 is 11.9 Å². The van der Waals surface area contributed by atoms with Gasteiger partial charge in [0.15, 0.2) is 0 Å². The maximum Gasteiger partial charge on any atom is 0.223 e. The van der Waals surface area contributed by atoms with E-state index in [1.807, 2.05) is 6.07 Å². The molecule has 0 aliphatic rings. The summed E-state index contributed by atoms with van der Waals surface area (Å²) in [6.45, 7) is 1.65. The summed E-state index contributed by atoms with van der Waals surface area (Å²) in [7, 11) is 0. The van der Waals surface area contributed by atoms with Crippen LogP contribution in [0.2, 0.25) is 0 Å². The van der Waals surface area contributed by atoms with Gasteiger partial charge in [0, 0.05) is 18.1 Å². The van der Waals surface area contributed by atoms with E-state index in [2.05, 4.69) is 10.1 Å². The second-order valence-electron chi connectivity index (χ2n) is 5.01. The van der Waals surface area contributed by atoms with Crippen molar-refractivity contribution in [2.75, 3.05) is 6.61 Å². The Kier molecular flexibility index (Phi) is 4.34. The lowest BCUT2D eigenvalue weighted by molar-refractivity contribution is 0.105. The number of benzene rings is 2. The highest BCUT2D eigenvalue weighted by molar-refractivity contribution is 5.56. The average Bonchev–Trinajstić information content (AvgIpc) is 3.00. The molecule has 23 heavy (non-hydrogen) atoms. The third-order valence-corrected chi connectivity index (χ3v) is 3.29. The van der Waals surface area contributed by atoms with Crippen molar-refractivity contribution in [3.8, 4) is 17.1 Å². The van der Waals surface area contributed by atoms with E-state index in [9.17, 15) is 9.50 Å². The molecule has 0 aliphatic carbocycles. The molecule has 3 rings (SSSR count). The SMILES string of the molecule is Cc1nc(-c2cccc(OCC(O)c3ccccc3F)c2)no1. The van der Waals surface area contributed by atoms with Gasteiger partial charge in [-0.3, -0.25) is 0 Å². The summed E-state index contributed by atoms with van der Waals surface area (Å²) in [6, 6.07) is 13.2. The summed E-state index contributed by atoms with van der Waals surface area (Å²) in [5.41, 5.74) is 0.942. The minimum atomic E-state index is -1.05. The van der Waals surface area contributed by atoms with Crippen molar-refractivity contribution in [1.29, 1.82) is 0 Å². The maximum absolute atomic E-state index is 13.6. The van der Waals surface area contributed by atoms with Crippen LogP contribution < -0.4 is 4.74 Å². The predicted molar refractivity (Wildman–Crippen MR) is 81.3 cm³/mol. The Bertz CT molecular complexity index is 804. The summed E-state index contributed by atoms with van der Waals surface area (Å²) >= 11 is 0. The number of hydrogen-bond donors (Lipinski definition) is 1. The van der Waals surface area contributed by atoms with Crippen LogP contribution in [0.25, 0.3) is 11.4 Å². The van der Waals surface area contributed by atoms with Crippen LogP contribution in [0.4, 0.5) is 4.39 Å². The first-order valence-corrected chi connectivity index (χ1v) is 7.09. The fourth-order valence-corrected chi connectivity index (χ4v) is 2.15. The Morgan fingerprint density at radius 2 is 2.04 bits per heavy atom. The van der Waals surface area contributed by atoms with Crippen molar-refractivity contribution in [2.45, 2.75) is 13.0 Å². The van der Waals surface area contributed by atoms with Gasteiger partial charge in [0.2, 0.25) is 11.7 Å². The van der Waals surface area contributed by atoms with Crippen LogP contribution in [0.3, 0.4) is 0 Å². The number of hydrogen-bond acceptors (Lipinski definition) is 5. The van der Waals surface area contributed by atoms with Gasteiger partial charge in [-0.15, -0.1) is 0 Å². The summed E-state index contributed by atoms with van der Waals surface area (Å²) < 4.78 is 24.1. The molecule has 2 aromatic carbocycles. The van der Waals surface area contributed by atoms with Crippen molar-refractivity contribution < 1.29 is 18.8 Å². The zero-order chi connectivity index (χ0) is 16.2. The van der Waals surface area contributed by atoms with Gasteiger partial charge in [0.1, 0.15) is 24.3 Å². The third-order valence-electron chi connectivity index (χ3n) is 3.29. The number of ether oxygens (including phenoxy) is 1. The molecule has 0 spiro atoms. The molecule has 0 saturated heterocycles. The maximum atomic E-state index is 13.6. The van der Waals surface area contributed by atoms with Gasteiger partial charge >= 0.3 is 0 Å². The van der Waals surface area contributed by atoms with E-state index >= 15 is 0 Å². The quantitative estimate of drug-likeness (QED) is 0.782. The van der Waals surface area contributed by atoms with Gasteiger partial charge in [-0.05, 0) is 18.2 Å². The lowest BCUT2D eigenvalue weighted by Crippen LogP contribution is -2.11. The molecule has 1 atom stereocenters. The van der Waals surface area contributed by atoms with Gasteiger partial charge in [-0.2, -0.15) is 4.98 Å². The van der Waals surface area contributed by atoms with Gasteiger partial charge < -0.3 is 14.4 Å². The van der Waals surface area contributed by atoms with Gasteiger partial charge in [-0.25, -0.2) is 4.39 Å². The van der Waals surface area contributed by atoms with Crippen LogP contribution in [-0.4, -0.2) is 21.9 Å². The van der Waals surface area contributed by atoms with Crippen LogP contribution in [0.1, 0.15) is 17.6 Å². The molecular weight excluding hydrogens is 299 g/mol. The van der Waals surface area contributed by atoms with Crippen LogP contribution in [0, 0.1) is 12.7 Å². The normalized spacial score (nSPS) is 12.1. The topological polar surface area (TPSA) is 68.4 Å². The monoisotopic (exact) mass is 314 g/mol. The fraction of sp³-hybridized carbons (Fsp3) is 0.176. The predicted octanol–water partition coefficient (Wildman–Crippen LogP) is 3.30. The number of rotatable bonds is 5. The lowest BCUT2D eigenvalue weighted by atomic mass is 10.1. The summed E-state index contributed by atoms with van der Waals surface area (Å²) in [5.74, 6) is 1.00. The smallest absolute Gasteiger partial charge is 0.223 e. The Labute approximate surface area is 132 Å². The van der Waals surface area contributed by atoms with Crippen molar-refractivity contribution in [3.05, 3.63) is 65.8 Å². The highest BCUT2D eigenvalue weighted by atomic mass is 19.1. The molecule has 5 nitrogen and oxygen atoms in total. The highest BCUT2D eigenvalue weighted by Crippen LogP contribution is 2.23. The standard InChI is InChI=1S/C17H15FN2O3/c1-11-19-17(20-23-11)12-5-4-6-13(9-12)22-10-16(21)14-7-2-3-8-15(14)18/h2-9,16,21H,10H2,1H3. The van der Waals surface area contributed by atoms with Gasteiger partial charge in [0.25, 0.3) is 0 Å². The largest absolute Gasteiger partial charge is 0.491 e. The zero-order valence-electron chi connectivity index (χ0n) is 12.4. The molecule has 3 aromatic rings. The minimum Gasteiger partial charge on any atom is -0.491 e. The number of aryl methyl sites for hydroxylation is 1. The van der Waals surface area contributed by atoms with Crippen molar-refractivity contribution in [1.82, 2.24) is 10.1 Å². The molecule has 0 amide bonds. The van der Waals surface area contributed by atoms with Crippen LogP contribution in [-0.2, 0) is 0 Å². The first-order valence-electron chi connectivity index (χ1n) is 7.09. The Morgan fingerprint density at radius 1 is 1.22 bits per heavy atom. The number of aromatic nitrogens is 2. The first kappa shape index (κ1) is 15.2. The minimum absolute atomic E-state index is 0.0599. The molecule has 0 radical (unpaired) electrons. The second-order valence-corrected chi connectivity index (χ2v) is 5.01. The molecular formula is C17H15FN2O3. The Hall–Kier alpha value is -2.73. The van der Waals surface area contributed by atoms with E-state index in [-0.39, 0.29) is 12.2 Å². The molecule has 0 bridgehead atoms. The van der Waals surface area contributed by atoms with E-state index in [4.69, 9.17) is 9.26 Å². The van der Waals surface area contributed by atoms with Gasteiger partial charge in [-0.1, -0.05) is 35.5 Å². The number of aliphatic hydroxyl groups is 1. The summed E-state index contributed by atoms with van der Waals surface area (Å²) in [6.07, 6.45) is -1.05. The Morgan fingerprint density at radius 3 is 2.78 bits per heavy atom. The van der Waals surface area contributed by atoms with Crippen molar-refractivity contribution in [3.63, 3.8) is 0 Å². The van der Waals surface area contributed by atoms with Gasteiger partial charge in [0.05, 0.1) is 0 Å². The van der Waals surface area contributed by atoms with E-state index in [1.54, 1.807) is 37.3 Å².